The fourth-order valence-corrected chi connectivity index (χ4v) is 3.24. The third-order valence-corrected chi connectivity index (χ3v) is 4.54. The van der Waals surface area contributed by atoms with Crippen molar-refractivity contribution in [2.75, 3.05) is 36.0 Å². The predicted molar refractivity (Wildman–Crippen MR) is 92.7 cm³/mol. The van der Waals surface area contributed by atoms with Crippen LogP contribution in [0.25, 0.3) is 5.78 Å². The Morgan fingerprint density at radius 3 is 2.37 bits per heavy atom. The van der Waals surface area contributed by atoms with Crippen LogP contribution in [0.4, 0.5) is 24.8 Å². The molecule has 0 unspecified atom stereocenters. The molecule has 1 aliphatic heterocycles. The zero-order valence-corrected chi connectivity index (χ0v) is 15.0. The first-order chi connectivity index (χ1) is 12.8. The number of aromatic nitrogens is 5. The minimum absolute atomic E-state index is 0.0354. The summed E-state index contributed by atoms with van der Waals surface area (Å²) in [6.45, 7) is 6.53. The van der Waals surface area contributed by atoms with Crippen LogP contribution in [0.1, 0.15) is 17.2 Å². The summed E-state index contributed by atoms with van der Waals surface area (Å²) in [6.07, 6.45) is -4.60. The lowest BCUT2D eigenvalue weighted by Gasteiger charge is -2.32. The van der Waals surface area contributed by atoms with Crippen LogP contribution in [-0.4, -0.2) is 45.8 Å². The van der Waals surface area contributed by atoms with E-state index in [0.29, 0.717) is 24.6 Å². The fourth-order valence-electron chi connectivity index (χ4n) is 3.24. The summed E-state index contributed by atoms with van der Waals surface area (Å²) in [4.78, 5) is 15.2. The van der Waals surface area contributed by atoms with Gasteiger partial charge in [0, 0.05) is 17.8 Å². The number of fused-ring (bicyclic) bond motifs is 1. The number of pyridine rings is 1. The molecular formula is C17H19F3N7+. The number of aryl methyl sites for hydroxylation is 2. The van der Waals surface area contributed by atoms with Gasteiger partial charge in [0.15, 0.2) is 0 Å². The first-order valence-electron chi connectivity index (χ1n) is 8.62. The van der Waals surface area contributed by atoms with Crippen molar-refractivity contribution in [3.8, 4) is 0 Å². The Morgan fingerprint density at radius 1 is 1.00 bits per heavy atom. The Kier molecular flexibility index (Phi) is 4.12. The highest BCUT2D eigenvalue weighted by molar-refractivity contribution is 5.49. The van der Waals surface area contributed by atoms with Gasteiger partial charge in [-0.05, 0) is 19.9 Å². The number of hydrogen-bond acceptors (Lipinski definition) is 5. The van der Waals surface area contributed by atoms with E-state index >= 15 is 0 Å². The Hall–Kier alpha value is -2.91. The second kappa shape index (κ2) is 6.36. The van der Waals surface area contributed by atoms with E-state index < -0.39 is 12.0 Å². The number of aromatic amines is 1. The Bertz CT molecular complexity index is 974. The van der Waals surface area contributed by atoms with Crippen molar-refractivity contribution in [3.05, 3.63) is 41.5 Å². The molecule has 4 rings (SSSR count). The molecule has 0 saturated carbocycles. The fraction of sp³-hybridized carbons (Fsp3) is 0.412. The van der Waals surface area contributed by atoms with Crippen LogP contribution >= 0.6 is 0 Å². The summed E-state index contributed by atoms with van der Waals surface area (Å²) in [5.41, 5.74) is 1.68. The molecule has 4 heterocycles. The minimum atomic E-state index is -4.60. The molecule has 1 aliphatic rings. The standard InChI is InChI=1S/C17H18F3N7/c1-11-4-3-5-13(21-11)25-6-8-26(9-7-25)14-10-12(2)22-16-23-15(17(18,19)20)24-27(14)16/h3-5,10H,6-9H2,1-2H3/p+1. The number of halogens is 3. The molecule has 142 valence electrons. The second-order valence-electron chi connectivity index (χ2n) is 6.59. The Balaban J connectivity index is 1.61. The van der Waals surface area contributed by atoms with Crippen LogP contribution in [0.15, 0.2) is 24.3 Å². The van der Waals surface area contributed by atoms with Gasteiger partial charge < -0.3 is 4.90 Å². The number of hydrogen-bond donors (Lipinski definition) is 0. The second-order valence-corrected chi connectivity index (χ2v) is 6.59. The highest BCUT2D eigenvalue weighted by atomic mass is 19.4. The van der Waals surface area contributed by atoms with E-state index in [1.54, 1.807) is 13.0 Å². The summed E-state index contributed by atoms with van der Waals surface area (Å²) >= 11 is 0. The zero-order valence-electron chi connectivity index (χ0n) is 15.0. The van der Waals surface area contributed by atoms with Gasteiger partial charge in [-0.3, -0.25) is 4.90 Å². The number of piperazine rings is 1. The third-order valence-electron chi connectivity index (χ3n) is 4.54. The van der Waals surface area contributed by atoms with Crippen molar-refractivity contribution in [1.29, 1.82) is 0 Å². The maximum Gasteiger partial charge on any atom is 0.453 e. The van der Waals surface area contributed by atoms with E-state index in [1.165, 1.54) is 4.52 Å². The summed E-state index contributed by atoms with van der Waals surface area (Å²) < 4.78 is 40.1. The molecule has 1 saturated heterocycles. The van der Waals surface area contributed by atoms with Crippen LogP contribution in [0.3, 0.4) is 0 Å². The Morgan fingerprint density at radius 2 is 1.70 bits per heavy atom. The topological polar surface area (TPSA) is 63.7 Å². The molecule has 0 atom stereocenters. The summed E-state index contributed by atoms with van der Waals surface area (Å²) in [5.74, 6) is 0.404. The lowest BCUT2D eigenvalue weighted by Crippen LogP contribution is -2.48. The minimum Gasteiger partial charge on any atom is -0.349 e. The van der Waals surface area contributed by atoms with Crippen molar-refractivity contribution >= 4 is 17.4 Å². The SMILES string of the molecule is Cc1cc(N2CCN(c3cccc(C)[nH+]3)CC2)n2nc(C(F)(F)F)nc2n1. The normalized spacial score (nSPS) is 15.6. The van der Waals surface area contributed by atoms with Gasteiger partial charge in [0.1, 0.15) is 18.9 Å². The maximum atomic E-state index is 13.0. The van der Waals surface area contributed by atoms with Crippen molar-refractivity contribution in [1.82, 2.24) is 19.6 Å². The van der Waals surface area contributed by atoms with Crippen molar-refractivity contribution in [3.63, 3.8) is 0 Å². The van der Waals surface area contributed by atoms with Gasteiger partial charge in [-0.25, -0.2) is 9.97 Å². The van der Waals surface area contributed by atoms with Crippen LogP contribution in [0.5, 0.6) is 0 Å². The summed E-state index contributed by atoms with van der Waals surface area (Å²) in [5, 5.41) is 3.65. The monoisotopic (exact) mass is 378 g/mol. The van der Waals surface area contributed by atoms with E-state index in [9.17, 15) is 13.2 Å². The molecule has 27 heavy (non-hydrogen) atoms. The van der Waals surface area contributed by atoms with E-state index in [0.717, 1.165) is 24.6 Å². The highest BCUT2D eigenvalue weighted by Crippen LogP contribution is 2.28. The van der Waals surface area contributed by atoms with Crippen LogP contribution < -0.4 is 14.8 Å². The molecule has 10 heteroatoms. The Labute approximate surface area is 153 Å². The number of alkyl halides is 3. The molecule has 0 radical (unpaired) electrons. The molecule has 0 aliphatic carbocycles. The van der Waals surface area contributed by atoms with Gasteiger partial charge in [-0.15, -0.1) is 5.10 Å². The summed E-state index contributed by atoms with van der Waals surface area (Å²) in [6, 6.07) is 7.76. The number of nitrogens with zero attached hydrogens (tertiary/aromatic N) is 6. The van der Waals surface area contributed by atoms with Crippen LogP contribution in [0.2, 0.25) is 0 Å². The molecule has 0 aromatic carbocycles. The van der Waals surface area contributed by atoms with Gasteiger partial charge in [-0.1, -0.05) is 6.07 Å². The van der Waals surface area contributed by atoms with E-state index in [4.69, 9.17) is 0 Å². The number of rotatable bonds is 2. The van der Waals surface area contributed by atoms with E-state index in [1.807, 2.05) is 30.0 Å². The molecule has 0 spiro atoms. The lowest BCUT2D eigenvalue weighted by molar-refractivity contribution is -0.373. The average molecular weight is 378 g/mol. The lowest BCUT2D eigenvalue weighted by atomic mass is 10.2. The van der Waals surface area contributed by atoms with Crippen LogP contribution in [-0.2, 0) is 6.18 Å². The maximum absolute atomic E-state index is 13.0. The summed E-state index contributed by atoms with van der Waals surface area (Å²) in [7, 11) is 0. The van der Waals surface area contributed by atoms with Crippen LogP contribution in [0, 0.1) is 13.8 Å². The average Bonchev–Trinajstić information content (AvgIpc) is 3.05. The number of H-pyrrole nitrogens is 1. The van der Waals surface area contributed by atoms with E-state index in [-0.39, 0.29) is 5.78 Å². The highest BCUT2D eigenvalue weighted by Gasteiger charge is 2.37. The van der Waals surface area contributed by atoms with Gasteiger partial charge in [-0.2, -0.15) is 22.7 Å². The van der Waals surface area contributed by atoms with E-state index in [2.05, 4.69) is 25.0 Å². The van der Waals surface area contributed by atoms with Crippen molar-refractivity contribution < 1.29 is 18.2 Å². The quantitative estimate of drug-likeness (QED) is 0.682. The van der Waals surface area contributed by atoms with Gasteiger partial charge >= 0.3 is 6.18 Å². The molecule has 7 nitrogen and oxygen atoms in total. The molecule has 0 amide bonds. The number of anilines is 2. The number of nitrogens with one attached hydrogen (secondary N) is 1. The van der Waals surface area contributed by atoms with Crippen molar-refractivity contribution in [2.24, 2.45) is 0 Å². The van der Waals surface area contributed by atoms with Gasteiger partial charge in [0.05, 0.1) is 18.8 Å². The molecule has 3 aromatic heterocycles. The first kappa shape index (κ1) is 17.5. The van der Waals surface area contributed by atoms with Gasteiger partial charge in [0.25, 0.3) is 17.4 Å². The first-order valence-corrected chi connectivity index (χ1v) is 8.62. The molecule has 0 bridgehead atoms. The molecule has 3 aromatic rings. The third kappa shape index (κ3) is 3.38. The molecule has 1 fully saturated rings. The zero-order chi connectivity index (χ0) is 19.2. The molecule has 1 N–H and O–H groups in total. The van der Waals surface area contributed by atoms with Gasteiger partial charge in [0.2, 0.25) is 0 Å². The van der Waals surface area contributed by atoms with Crippen molar-refractivity contribution in [2.45, 2.75) is 20.0 Å². The smallest absolute Gasteiger partial charge is 0.349 e. The largest absolute Gasteiger partial charge is 0.453 e. The predicted octanol–water partition coefficient (Wildman–Crippen LogP) is 1.90. The molecular weight excluding hydrogens is 359 g/mol.